The molecule has 0 fully saturated rings. The lowest BCUT2D eigenvalue weighted by Gasteiger charge is -2.02. The first-order chi connectivity index (χ1) is 5.91. The van der Waals surface area contributed by atoms with Gasteiger partial charge in [-0.05, 0) is 7.05 Å². The van der Waals surface area contributed by atoms with Crippen LogP contribution in [0.3, 0.4) is 0 Å². The van der Waals surface area contributed by atoms with Gasteiger partial charge in [-0.25, -0.2) is 0 Å². The van der Waals surface area contributed by atoms with Crippen LogP contribution in [0.2, 0.25) is 0 Å². The van der Waals surface area contributed by atoms with Gasteiger partial charge in [-0.2, -0.15) is 0 Å². The van der Waals surface area contributed by atoms with Crippen molar-refractivity contribution in [3.8, 4) is 0 Å². The average Bonchev–Trinajstić information content (AvgIpc) is 2.09. The number of amides is 2. The minimum Gasteiger partial charge on any atom is -0.359 e. The van der Waals surface area contributed by atoms with Crippen LogP contribution in [0.25, 0.3) is 0 Å². The number of rotatable bonds is 0. The Bertz CT molecular complexity index is 135. The molecule has 0 aromatic heterocycles. The zero-order valence-corrected chi connectivity index (χ0v) is 9.34. The fourth-order valence-electron chi connectivity index (χ4n) is 0. The number of hydrogen-bond donors (Lipinski definition) is 2. The Morgan fingerprint density at radius 3 is 1.31 bits per heavy atom. The molecule has 3 N–H and O–H groups in total. The molecule has 0 spiro atoms. The van der Waals surface area contributed by atoms with Gasteiger partial charge in [0.05, 0.1) is 0 Å². The quantitative estimate of drug-likeness (QED) is 0.538. The smallest absolute Gasteiger partial charge is 0.218 e. The normalized spacial score (nSPS) is 6.69. The first-order valence-corrected chi connectivity index (χ1v) is 3.85. The van der Waals surface area contributed by atoms with Gasteiger partial charge >= 0.3 is 0 Å². The van der Waals surface area contributed by atoms with E-state index in [0.717, 1.165) is 0 Å². The summed E-state index contributed by atoms with van der Waals surface area (Å²) in [6.07, 6.45) is 0. The van der Waals surface area contributed by atoms with E-state index in [1.54, 1.807) is 21.1 Å². The van der Waals surface area contributed by atoms with Crippen molar-refractivity contribution in [2.24, 2.45) is 5.73 Å². The van der Waals surface area contributed by atoms with Gasteiger partial charge in [0.15, 0.2) is 0 Å². The lowest BCUT2D eigenvalue weighted by Crippen LogP contribution is -2.17. The lowest BCUT2D eigenvalue weighted by molar-refractivity contribution is -0.126. The SMILES string of the molecule is CC(=O)N(C)C.CN.CNC(C)=O. The van der Waals surface area contributed by atoms with Crippen molar-refractivity contribution in [1.82, 2.24) is 10.2 Å². The maximum atomic E-state index is 10.1. The highest BCUT2D eigenvalue weighted by molar-refractivity contribution is 5.72. The van der Waals surface area contributed by atoms with Crippen molar-refractivity contribution in [3.63, 3.8) is 0 Å². The molecule has 0 atom stereocenters. The number of nitrogens with zero attached hydrogens (tertiary/aromatic N) is 1. The lowest BCUT2D eigenvalue weighted by atomic mass is 10.7. The largest absolute Gasteiger partial charge is 0.359 e. The number of nitrogens with one attached hydrogen (secondary N) is 1. The van der Waals surface area contributed by atoms with Crippen LogP contribution in [0.1, 0.15) is 13.8 Å². The maximum Gasteiger partial charge on any atom is 0.218 e. The van der Waals surface area contributed by atoms with Crippen LogP contribution in [0.4, 0.5) is 0 Å². The zero-order valence-electron chi connectivity index (χ0n) is 9.34. The molecule has 0 heterocycles. The first kappa shape index (κ1) is 17.8. The van der Waals surface area contributed by atoms with E-state index >= 15 is 0 Å². The number of carbonyl (C=O) groups excluding carboxylic acids is 2. The van der Waals surface area contributed by atoms with Gasteiger partial charge in [0.1, 0.15) is 0 Å². The predicted octanol–water partition coefficient (Wildman–Crippen LogP) is -0.578. The molecule has 5 nitrogen and oxygen atoms in total. The van der Waals surface area contributed by atoms with E-state index in [2.05, 4.69) is 11.1 Å². The Balaban J connectivity index is -0.000000131. The summed E-state index contributed by atoms with van der Waals surface area (Å²) in [5, 5.41) is 2.39. The molecule has 0 aromatic carbocycles. The molecule has 0 radical (unpaired) electrons. The first-order valence-electron chi connectivity index (χ1n) is 3.85. The van der Waals surface area contributed by atoms with E-state index in [4.69, 9.17) is 0 Å². The monoisotopic (exact) mass is 191 g/mol. The molecule has 2 amide bonds. The summed E-state index contributed by atoms with van der Waals surface area (Å²) in [6, 6.07) is 0. The number of nitrogens with two attached hydrogens (primary N) is 1. The van der Waals surface area contributed by atoms with Crippen LogP contribution in [0, 0.1) is 0 Å². The second-order valence-electron chi connectivity index (χ2n) is 2.22. The second-order valence-corrected chi connectivity index (χ2v) is 2.22. The van der Waals surface area contributed by atoms with Crippen molar-refractivity contribution >= 4 is 11.8 Å². The average molecular weight is 191 g/mol. The fourth-order valence-corrected chi connectivity index (χ4v) is 0. The molecule has 5 heteroatoms. The summed E-state index contributed by atoms with van der Waals surface area (Å²) in [5.41, 5.74) is 4.50. The molecular weight excluding hydrogens is 170 g/mol. The zero-order chi connectivity index (χ0) is 11.4. The van der Waals surface area contributed by atoms with Crippen LogP contribution in [-0.4, -0.2) is 44.9 Å². The van der Waals surface area contributed by atoms with Gasteiger partial charge in [-0.15, -0.1) is 0 Å². The maximum absolute atomic E-state index is 10.1. The third-order valence-corrected chi connectivity index (χ3v) is 0.982. The van der Waals surface area contributed by atoms with Crippen LogP contribution in [-0.2, 0) is 9.59 Å². The van der Waals surface area contributed by atoms with Crippen molar-refractivity contribution < 1.29 is 9.59 Å². The van der Waals surface area contributed by atoms with Crippen LogP contribution >= 0.6 is 0 Å². The summed E-state index contributed by atoms with van der Waals surface area (Å²) in [4.78, 5) is 21.3. The molecule has 0 bridgehead atoms. The summed E-state index contributed by atoms with van der Waals surface area (Å²) < 4.78 is 0. The van der Waals surface area contributed by atoms with Crippen LogP contribution < -0.4 is 11.1 Å². The molecule has 0 saturated carbocycles. The van der Waals surface area contributed by atoms with E-state index in [1.807, 2.05) is 0 Å². The van der Waals surface area contributed by atoms with Crippen LogP contribution in [0.15, 0.2) is 0 Å². The summed E-state index contributed by atoms with van der Waals surface area (Å²) in [6.45, 7) is 3.00. The van der Waals surface area contributed by atoms with Gasteiger partial charge in [0.2, 0.25) is 11.8 Å². The second kappa shape index (κ2) is 13.5. The molecule has 0 unspecified atom stereocenters. The fraction of sp³-hybridized carbons (Fsp3) is 0.750. The Kier molecular flexibility index (Phi) is 18.5. The molecule has 0 aliphatic carbocycles. The highest BCUT2D eigenvalue weighted by Gasteiger charge is 1.87. The molecular formula is C8H21N3O2. The predicted molar refractivity (Wildman–Crippen MR) is 54.2 cm³/mol. The van der Waals surface area contributed by atoms with Gasteiger partial charge in [0, 0.05) is 35.0 Å². The Hall–Kier alpha value is -1.10. The van der Waals surface area contributed by atoms with Crippen LogP contribution in [0.5, 0.6) is 0 Å². The molecule has 13 heavy (non-hydrogen) atoms. The van der Waals surface area contributed by atoms with E-state index in [9.17, 15) is 9.59 Å². The van der Waals surface area contributed by atoms with Gasteiger partial charge in [-0.1, -0.05) is 0 Å². The summed E-state index contributed by atoms with van der Waals surface area (Å²) in [7, 11) is 6.55. The number of hydrogen-bond acceptors (Lipinski definition) is 3. The standard InChI is InChI=1S/C4H9NO.C3H7NO.CH5N/c1-4(6)5(2)3;1-3(5)4-2;1-2/h1-3H3;1-2H3,(H,4,5);2H2,1H3. The van der Waals surface area contributed by atoms with Crippen molar-refractivity contribution in [3.05, 3.63) is 0 Å². The molecule has 0 rings (SSSR count). The Labute approximate surface area is 80.3 Å². The highest BCUT2D eigenvalue weighted by atomic mass is 16.2. The Morgan fingerprint density at radius 1 is 1.15 bits per heavy atom. The molecule has 0 aliphatic rings. The molecule has 80 valence electrons. The van der Waals surface area contributed by atoms with Gasteiger partial charge < -0.3 is 16.0 Å². The van der Waals surface area contributed by atoms with Crippen molar-refractivity contribution in [2.45, 2.75) is 13.8 Å². The minimum absolute atomic E-state index is 0.00463. The van der Waals surface area contributed by atoms with E-state index in [-0.39, 0.29) is 11.8 Å². The third kappa shape index (κ3) is 36.0. The number of carbonyl (C=O) groups is 2. The molecule has 0 saturated heterocycles. The van der Waals surface area contributed by atoms with E-state index < -0.39 is 0 Å². The minimum atomic E-state index is 0.00463. The highest BCUT2D eigenvalue weighted by Crippen LogP contribution is 1.69. The topological polar surface area (TPSA) is 75.4 Å². The molecule has 0 aromatic rings. The van der Waals surface area contributed by atoms with E-state index in [0.29, 0.717) is 0 Å². The summed E-state index contributed by atoms with van der Waals surface area (Å²) in [5.74, 6) is 0.0972. The molecule has 0 aliphatic heterocycles. The van der Waals surface area contributed by atoms with Gasteiger partial charge in [-0.3, -0.25) is 9.59 Å². The van der Waals surface area contributed by atoms with Gasteiger partial charge in [0.25, 0.3) is 0 Å². The van der Waals surface area contributed by atoms with Crippen molar-refractivity contribution in [2.75, 3.05) is 28.2 Å². The Morgan fingerprint density at radius 2 is 1.31 bits per heavy atom. The van der Waals surface area contributed by atoms with Crippen molar-refractivity contribution in [1.29, 1.82) is 0 Å². The third-order valence-electron chi connectivity index (χ3n) is 0.982. The summed E-state index contributed by atoms with van der Waals surface area (Å²) >= 11 is 0. The van der Waals surface area contributed by atoms with E-state index in [1.165, 1.54) is 25.8 Å².